The van der Waals surface area contributed by atoms with Gasteiger partial charge in [-0.25, -0.2) is 4.79 Å². The van der Waals surface area contributed by atoms with Crippen LogP contribution in [-0.4, -0.2) is 26.9 Å². The van der Waals surface area contributed by atoms with Gasteiger partial charge >= 0.3 is 5.97 Å². The highest BCUT2D eigenvalue weighted by atomic mass is 28.3. The molecule has 0 aliphatic rings. The second-order valence-corrected chi connectivity index (χ2v) is 10.7. The molecule has 0 saturated carbocycles. The van der Waals surface area contributed by atoms with Crippen LogP contribution in [0.1, 0.15) is 5.56 Å². The lowest BCUT2D eigenvalue weighted by Crippen LogP contribution is -2.31. The molecular formula is C13H20O3Si. The van der Waals surface area contributed by atoms with Crippen LogP contribution >= 0.6 is 0 Å². The van der Waals surface area contributed by atoms with Crippen molar-refractivity contribution in [3.8, 4) is 5.75 Å². The van der Waals surface area contributed by atoms with E-state index < -0.39 is 8.07 Å². The van der Waals surface area contributed by atoms with Gasteiger partial charge in [-0.15, -0.1) is 0 Å². The summed E-state index contributed by atoms with van der Waals surface area (Å²) in [6.45, 7) is 8.39. The van der Waals surface area contributed by atoms with Gasteiger partial charge in [0, 0.05) is 0 Å². The number of hydrogen-bond acceptors (Lipinski definition) is 3. The average molecular weight is 252 g/mol. The maximum atomic E-state index is 11.4. The first-order valence-corrected chi connectivity index (χ1v) is 9.43. The van der Waals surface area contributed by atoms with E-state index in [0.717, 1.165) is 11.3 Å². The maximum absolute atomic E-state index is 11.4. The van der Waals surface area contributed by atoms with Crippen molar-refractivity contribution in [2.75, 3.05) is 12.8 Å². The zero-order valence-electron chi connectivity index (χ0n) is 10.9. The quantitative estimate of drug-likeness (QED) is 0.597. The molecule has 17 heavy (non-hydrogen) atoms. The van der Waals surface area contributed by atoms with Crippen LogP contribution < -0.4 is 4.74 Å². The Balaban J connectivity index is 2.36. The van der Waals surface area contributed by atoms with Gasteiger partial charge in [-0.05, 0) is 18.6 Å². The van der Waals surface area contributed by atoms with Gasteiger partial charge in [0.25, 0.3) is 0 Å². The average Bonchev–Trinajstić information content (AvgIpc) is 2.24. The number of rotatable bonds is 5. The first kappa shape index (κ1) is 13.8. The second kappa shape index (κ2) is 5.86. The second-order valence-electron chi connectivity index (χ2n) is 5.28. The smallest absolute Gasteiger partial charge is 0.343 e. The molecule has 4 heteroatoms. The maximum Gasteiger partial charge on any atom is 0.343 e. The lowest BCUT2D eigenvalue weighted by Gasteiger charge is -2.16. The molecule has 94 valence electrons. The molecule has 1 aromatic carbocycles. The first-order valence-electron chi connectivity index (χ1n) is 5.72. The highest BCUT2D eigenvalue weighted by Gasteiger charge is 2.16. The Morgan fingerprint density at radius 2 is 1.88 bits per heavy atom. The molecule has 0 atom stereocenters. The van der Waals surface area contributed by atoms with Crippen LogP contribution in [0.25, 0.3) is 0 Å². The van der Waals surface area contributed by atoms with E-state index in [-0.39, 0.29) is 12.6 Å². The number of aryl methyl sites for hydroxylation is 1. The molecule has 0 fully saturated rings. The zero-order chi connectivity index (χ0) is 12.9. The van der Waals surface area contributed by atoms with Gasteiger partial charge in [-0.1, -0.05) is 37.8 Å². The van der Waals surface area contributed by atoms with E-state index in [1.54, 1.807) is 0 Å². The van der Waals surface area contributed by atoms with Gasteiger partial charge in [-0.2, -0.15) is 0 Å². The van der Waals surface area contributed by atoms with Crippen LogP contribution in [0.3, 0.4) is 0 Å². The van der Waals surface area contributed by atoms with Crippen LogP contribution in [0.2, 0.25) is 19.6 Å². The van der Waals surface area contributed by atoms with Gasteiger partial charge in [0.05, 0.1) is 14.3 Å². The normalized spacial score (nSPS) is 11.1. The number of esters is 1. The molecule has 0 aromatic heterocycles. The fraction of sp³-hybridized carbons (Fsp3) is 0.462. The standard InChI is InChI=1S/C13H20O3Si/c1-11-7-5-6-8-12(11)15-9-13(14)16-10-17(2,3)4/h5-8H,9-10H2,1-4H3. The van der Waals surface area contributed by atoms with E-state index in [0.29, 0.717) is 6.23 Å². The van der Waals surface area contributed by atoms with Crippen molar-refractivity contribution in [2.24, 2.45) is 0 Å². The molecule has 3 nitrogen and oxygen atoms in total. The topological polar surface area (TPSA) is 35.5 Å². The summed E-state index contributed by atoms with van der Waals surface area (Å²) in [6, 6.07) is 7.62. The Bertz CT molecular complexity index is 382. The van der Waals surface area contributed by atoms with Crippen LogP contribution in [0, 0.1) is 6.92 Å². The van der Waals surface area contributed by atoms with E-state index in [4.69, 9.17) is 9.47 Å². The Labute approximate surface area is 104 Å². The molecule has 0 saturated heterocycles. The van der Waals surface area contributed by atoms with Crippen molar-refractivity contribution in [3.63, 3.8) is 0 Å². The molecule has 0 amide bonds. The summed E-state index contributed by atoms with van der Waals surface area (Å²) >= 11 is 0. The molecule has 0 heterocycles. The van der Waals surface area contributed by atoms with E-state index in [2.05, 4.69) is 19.6 Å². The fourth-order valence-corrected chi connectivity index (χ4v) is 1.79. The van der Waals surface area contributed by atoms with Crippen LogP contribution in [0.5, 0.6) is 5.75 Å². The molecule has 0 aliphatic heterocycles. The Morgan fingerprint density at radius 1 is 1.24 bits per heavy atom. The summed E-state index contributed by atoms with van der Waals surface area (Å²) < 4.78 is 10.6. The Morgan fingerprint density at radius 3 is 2.47 bits per heavy atom. The van der Waals surface area contributed by atoms with Crippen LogP contribution in [0.4, 0.5) is 0 Å². The monoisotopic (exact) mass is 252 g/mol. The summed E-state index contributed by atoms with van der Waals surface area (Å²) in [7, 11) is -1.34. The van der Waals surface area contributed by atoms with Gasteiger partial charge in [0.2, 0.25) is 0 Å². The molecule has 0 N–H and O–H groups in total. The number of para-hydroxylation sites is 1. The van der Waals surface area contributed by atoms with Crippen molar-refractivity contribution >= 4 is 14.0 Å². The van der Waals surface area contributed by atoms with Gasteiger partial charge in [0.1, 0.15) is 5.75 Å². The summed E-state index contributed by atoms with van der Waals surface area (Å²) in [5.74, 6) is 0.438. The first-order chi connectivity index (χ1) is 7.88. The number of ether oxygens (including phenoxy) is 2. The molecule has 0 spiro atoms. The number of carbonyl (C=O) groups excluding carboxylic acids is 1. The van der Waals surface area contributed by atoms with E-state index in [1.807, 2.05) is 31.2 Å². The summed E-state index contributed by atoms with van der Waals surface area (Å²) in [6.07, 6.45) is 0.545. The Hall–Kier alpha value is -1.29. The lowest BCUT2D eigenvalue weighted by atomic mass is 10.2. The molecule has 1 rings (SSSR count). The molecular weight excluding hydrogens is 232 g/mol. The van der Waals surface area contributed by atoms with Gasteiger partial charge in [0.15, 0.2) is 6.61 Å². The predicted octanol–water partition coefficient (Wildman–Crippen LogP) is 2.79. The minimum absolute atomic E-state index is 0.0185. The predicted molar refractivity (Wildman–Crippen MR) is 71.0 cm³/mol. The van der Waals surface area contributed by atoms with E-state index in [1.165, 1.54) is 0 Å². The molecule has 0 bridgehead atoms. The van der Waals surface area contributed by atoms with Crippen LogP contribution in [-0.2, 0) is 9.53 Å². The highest BCUT2D eigenvalue weighted by Crippen LogP contribution is 2.15. The Kier molecular flexibility index (Phi) is 4.75. The third-order valence-corrected chi connectivity index (χ3v) is 3.12. The fourth-order valence-electron chi connectivity index (χ4n) is 1.19. The van der Waals surface area contributed by atoms with E-state index in [9.17, 15) is 4.79 Å². The minimum atomic E-state index is -1.34. The molecule has 0 radical (unpaired) electrons. The van der Waals surface area contributed by atoms with Crippen LogP contribution in [0.15, 0.2) is 24.3 Å². The summed E-state index contributed by atoms with van der Waals surface area (Å²) in [4.78, 5) is 11.4. The third kappa shape index (κ3) is 5.54. The number of hydrogen-bond donors (Lipinski definition) is 0. The zero-order valence-corrected chi connectivity index (χ0v) is 11.9. The number of carbonyl (C=O) groups is 1. The molecule has 0 aliphatic carbocycles. The van der Waals surface area contributed by atoms with Crippen molar-refractivity contribution in [1.29, 1.82) is 0 Å². The third-order valence-electron chi connectivity index (χ3n) is 2.11. The lowest BCUT2D eigenvalue weighted by molar-refractivity contribution is -0.144. The highest BCUT2D eigenvalue weighted by molar-refractivity contribution is 6.76. The van der Waals surface area contributed by atoms with Crippen molar-refractivity contribution < 1.29 is 14.3 Å². The molecule has 0 unspecified atom stereocenters. The summed E-state index contributed by atoms with van der Waals surface area (Å²) in [5, 5.41) is 0. The summed E-state index contributed by atoms with van der Waals surface area (Å²) in [5.41, 5.74) is 1.02. The molecule has 1 aromatic rings. The largest absolute Gasteiger partial charge is 0.482 e. The van der Waals surface area contributed by atoms with Crippen molar-refractivity contribution in [1.82, 2.24) is 0 Å². The van der Waals surface area contributed by atoms with Crippen molar-refractivity contribution in [2.45, 2.75) is 26.6 Å². The van der Waals surface area contributed by atoms with E-state index >= 15 is 0 Å². The SMILES string of the molecule is Cc1ccccc1OCC(=O)OC[Si](C)(C)C. The van der Waals surface area contributed by atoms with Gasteiger partial charge in [-0.3, -0.25) is 0 Å². The number of benzene rings is 1. The van der Waals surface area contributed by atoms with Gasteiger partial charge < -0.3 is 9.47 Å². The minimum Gasteiger partial charge on any atom is -0.482 e. The van der Waals surface area contributed by atoms with Crippen molar-refractivity contribution in [3.05, 3.63) is 29.8 Å².